The maximum absolute atomic E-state index is 11.5. The van der Waals surface area contributed by atoms with Gasteiger partial charge in [0.2, 0.25) is 10.0 Å². The predicted octanol–water partition coefficient (Wildman–Crippen LogP) is 1.91. The zero-order valence-corrected chi connectivity index (χ0v) is 12.6. The molecule has 4 nitrogen and oxygen atoms in total. The Morgan fingerprint density at radius 1 is 1.37 bits per heavy atom. The maximum atomic E-state index is 11.5. The number of halogens is 1. The number of sulfonamides is 1. The van der Waals surface area contributed by atoms with E-state index < -0.39 is 10.0 Å². The number of ether oxygens (including phenoxy) is 1. The minimum absolute atomic E-state index is 0.140. The largest absolute Gasteiger partial charge is 0.481 e. The summed E-state index contributed by atoms with van der Waals surface area (Å²) in [4.78, 5) is 0. The lowest BCUT2D eigenvalue weighted by Crippen LogP contribution is -2.27. The molecule has 0 amide bonds. The molecule has 0 atom stereocenters. The molecule has 1 N–H and O–H groups in total. The molecule has 1 saturated carbocycles. The Labute approximate surface area is 121 Å². The monoisotopic (exact) mass is 343 g/mol. The molecule has 102 valence electrons. The minimum Gasteiger partial charge on any atom is -0.481 e. The summed E-state index contributed by atoms with van der Waals surface area (Å²) in [7, 11) is -3.13. The highest BCUT2D eigenvalue weighted by atomic mass is 79.9. The second-order valence-electron chi connectivity index (χ2n) is 4.17. The molecule has 0 heterocycles. The highest BCUT2D eigenvalue weighted by Gasteiger charge is 2.34. The summed E-state index contributed by atoms with van der Waals surface area (Å²) in [6.45, 7) is 0.377. The summed E-state index contributed by atoms with van der Waals surface area (Å²) in [5.74, 6) is 6.23. The van der Waals surface area contributed by atoms with E-state index >= 15 is 0 Å². The van der Waals surface area contributed by atoms with Crippen molar-refractivity contribution in [3.63, 3.8) is 0 Å². The Morgan fingerprint density at radius 3 is 2.84 bits per heavy atom. The molecule has 0 radical (unpaired) electrons. The van der Waals surface area contributed by atoms with Crippen LogP contribution >= 0.6 is 15.9 Å². The van der Waals surface area contributed by atoms with Crippen LogP contribution in [0.3, 0.4) is 0 Å². The van der Waals surface area contributed by atoms with Crippen molar-refractivity contribution in [1.29, 1.82) is 0 Å². The van der Waals surface area contributed by atoms with Gasteiger partial charge in [-0.1, -0.05) is 33.8 Å². The van der Waals surface area contributed by atoms with Crippen molar-refractivity contribution in [2.45, 2.75) is 18.1 Å². The predicted molar refractivity (Wildman–Crippen MR) is 77.4 cm³/mol. The first-order valence-electron chi connectivity index (χ1n) is 5.90. The van der Waals surface area contributed by atoms with Gasteiger partial charge < -0.3 is 4.74 Å². The van der Waals surface area contributed by atoms with E-state index in [1.54, 1.807) is 0 Å². The van der Waals surface area contributed by atoms with E-state index in [2.05, 4.69) is 32.5 Å². The van der Waals surface area contributed by atoms with Gasteiger partial charge in [0.15, 0.2) is 0 Å². The van der Waals surface area contributed by atoms with Crippen LogP contribution in [0, 0.1) is 11.8 Å². The third kappa shape index (κ3) is 4.86. The van der Waals surface area contributed by atoms with E-state index in [1.165, 1.54) is 0 Å². The average molecular weight is 344 g/mol. The van der Waals surface area contributed by atoms with Gasteiger partial charge in [0.25, 0.3) is 0 Å². The van der Waals surface area contributed by atoms with Crippen molar-refractivity contribution in [3.8, 4) is 17.6 Å². The number of nitrogens with one attached hydrogen (secondary N) is 1. The SMILES string of the molecule is O=S(=O)(NCC#CCOc1cccc(Br)c1)C1CC1. The zero-order chi connectivity index (χ0) is 13.7. The minimum atomic E-state index is -3.13. The summed E-state index contributed by atoms with van der Waals surface area (Å²) in [6.07, 6.45) is 1.52. The quantitative estimate of drug-likeness (QED) is 0.831. The van der Waals surface area contributed by atoms with Gasteiger partial charge >= 0.3 is 0 Å². The molecule has 0 aliphatic heterocycles. The molecular formula is C13H14BrNO3S. The Bertz CT molecular complexity index is 600. The molecule has 0 unspecified atom stereocenters. The van der Waals surface area contributed by atoms with Gasteiger partial charge in [-0.05, 0) is 31.0 Å². The van der Waals surface area contributed by atoms with E-state index in [4.69, 9.17) is 4.74 Å². The van der Waals surface area contributed by atoms with Crippen molar-refractivity contribution < 1.29 is 13.2 Å². The molecule has 1 aromatic rings. The highest BCUT2D eigenvalue weighted by molar-refractivity contribution is 9.10. The number of rotatable bonds is 5. The lowest BCUT2D eigenvalue weighted by molar-refractivity contribution is 0.370. The summed E-state index contributed by atoms with van der Waals surface area (Å²) >= 11 is 3.34. The molecule has 1 aliphatic rings. The van der Waals surface area contributed by atoms with Crippen LogP contribution < -0.4 is 9.46 Å². The van der Waals surface area contributed by atoms with Crippen molar-refractivity contribution in [2.75, 3.05) is 13.2 Å². The third-order valence-corrected chi connectivity index (χ3v) is 4.95. The van der Waals surface area contributed by atoms with Gasteiger partial charge in [-0.2, -0.15) is 0 Å². The van der Waals surface area contributed by atoms with Crippen LogP contribution in [0.4, 0.5) is 0 Å². The first kappa shape index (κ1) is 14.4. The average Bonchev–Trinajstić information content (AvgIpc) is 3.18. The van der Waals surface area contributed by atoms with Crippen LogP contribution in [0.1, 0.15) is 12.8 Å². The number of hydrogen-bond acceptors (Lipinski definition) is 3. The Hall–Kier alpha value is -1.03. The lowest BCUT2D eigenvalue weighted by atomic mass is 10.3. The van der Waals surface area contributed by atoms with Crippen LogP contribution in [0.2, 0.25) is 0 Å². The molecule has 1 aromatic carbocycles. The van der Waals surface area contributed by atoms with Crippen LogP contribution in [-0.2, 0) is 10.0 Å². The highest BCUT2D eigenvalue weighted by Crippen LogP contribution is 2.27. The van der Waals surface area contributed by atoms with E-state index in [0.29, 0.717) is 0 Å². The molecule has 0 spiro atoms. The number of hydrogen-bond donors (Lipinski definition) is 1. The summed E-state index contributed by atoms with van der Waals surface area (Å²) in [6, 6.07) is 7.46. The van der Waals surface area contributed by atoms with Crippen molar-refractivity contribution in [2.24, 2.45) is 0 Å². The summed E-state index contributed by atoms with van der Waals surface area (Å²) < 4.78 is 31.7. The van der Waals surface area contributed by atoms with E-state index in [0.717, 1.165) is 23.1 Å². The molecule has 1 aliphatic carbocycles. The fourth-order valence-electron chi connectivity index (χ4n) is 1.42. The van der Waals surface area contributed by atoms with Gasteiger partial charge in [0.05, 0.1) is 11.8 Å². The van der Waals surface area contributed by atoms with Gasteiger partial charge in [-0.15, -0.1) is 0 Å². The van der Waals surface area contributed by atoms with Gasteiger partial charge in [-0.25, -0.2) is 13.1 Å². The van der Waals surface area contributed by atoms with E-state index in [9.17, 15) is 8.42 Å². The van der Waals surface area contributed by atoms with Gasteiger partial charge in [0, 0.05) is 4.47 Å². The molecule has 1 fully saturated rings. The maximum Gasteiger partial charge on any atom is 0.215 e. The summed E-state index contributed by atoms with van der Waals surface area (Å²) in [5, 5.41) is -0.202. The van der Waals surface area contributed by atoms with E-state index in [1.807, 2.05) is 24.3 Å². The Morgan fingerprint density at radius 2 is 2.16 bits per heavy atom. The second kappa shape index (κ2) is 6.42. The van der Waals surface area contributed by atoms with E-state index in [-0.39, 0.29) is 18.4 Å². The molecule has 0 aromatic heterocycles. The van der Waals surface area contributed by atoms with Crippen LogP contribution in [0.5, 0.6) is 5.75 Å². The molecule has 6 heteroatoms. The topological polar surface area (TPSA) is 55.4 Å². The van der Waals surface area contributed by atoms with Crippen molar-refractivity contribution >= 4 is 26.0 Å². The van der Waals surface area contributed by atoms with Crippen LogP contribution in [-0.4, -0.2) is 26.8 Å². The molecule has 0 bridgehead atoms. The third-order valence-electron chi connectivity index (χ3n) is 2.56. The lowest BCUT2D eigenvalue weighted by Gasteiger charge is -2.02. The second-order valence-corrected chi connectivity index (χ2v) is 7.13. The fraction of sp³-hybridized carbons (Fsp3) is 0.385. The Kier molecular flexibility index (Phi) is 4.86. The van der Waals surface area contributed by atoms with Crippen LogP contribution in [0.25, 0.3) is 0 Å². The zero-order valence-electron chi connectivity index (χ0n) is 10.2. The fourth-order valence-corrected chi connectivity index (χ4v) is 3.07. The van der Waals surface area contributed by atoms with Gasteiger partial charge in [0.1, 0.15) is 12.4 Å². The van der Waals surface area contributed by atoms with Crippen molar-refractivity contribution in [3.05, 3.63) is 28.7 Å². The number of benzene rings is 1. The Balaban J connectivity index is 1.70. The molecule has 2 rings (SSSR count). The molecular weight excluding hydrogens is 330 g/mol. The van der Waals surface area contributed by atoms with Crippen LogP contribution in [0.15, 0.2) is 28.7 Å². The standard InChI is InChI=1S/C13H14BrNO3S/c14-11-4-3-5-12(10-11)18-9-2-1-8-15-19(16,17)13-6-7-13/h3-5,10,13,15H,6-9H2. The normalized spacial score (nSPS) is 14.6. The molecule has 19 heavy (non-hydrogen) atoms. The molecule has 0 saturated heterocycles. The van der Waals surface area contributed by atoms with Gasteiger partial charge in [-0.3, -0.25) is 0 Å². The smallest absolute Gasteiger partial charge is 0.215 e. The van der Waals surface area contributed by atoms with Crippen molar-refractivity contribution in [1.82, 2.24) is 4.72 Å². The first-order valence-corrected chi connectivity index (χ1v) is 8.24. The summed E-state index contributed by atoms with van der Waals surface area (Å²) in [5.41, 5.74) is 0. The first-order chi connectivity index (χ1) is 9.08.